The summed E-state index contributed by atoms with van der Waals surface area (Å²) < 4.78 is 3.05. The molecule has 1 fully saturated rings. The molecule has 4 heterocycles. The Morgan fingerprint density at radius 1 is 1.00 bits per heavy atom. The molecule has 0 atom stereocenters. The zero-order valence-electron chi connectivity index (χ0n) is 18.9. The van der Waals surface area contributed by atoms with Crippen molar-refractivity contribution in [3.63, 3.8) is 0 Å². The minimum Gasteiger partial charge on any atom is -0.508 e. The second kappa shape index (κ2) is 8.64. The lowest BCUT2D eigenvalue weighted by Crippen LogP contribution is -2.47. The van der Waals surface area contributed by atoms with Gasteiger partial charge in [0.05, 0.1) is 11.8 Å². The molecule has 0 radical (unpaired) electrons. The van der Waals surface area contributed by atoms with Crippen LogP contribution in [0.3, 0.4) is 0 Å². The Morgan fingerprint density at radius 3 is 2.50 bits per heavy atom. The van der Waals surface area contributed by atoms with Crippen LogP contribution in [0.2, 0.25) is 5.02 Å². The summed E-state index contributed by atoms with van der Waals surface area (Å²) in [6, 6.07) is 12.4. The first-order valence-electron chi connectivity index (χ1n) is 11.2. The Bertz CT molecular complexity index is 1590. The van der Waals surface area contributed by atoms with Gasteiger partial charge in [0, 0.05) is 36.9 Å². The van der Waals surface area contributed by atoms with Gasteiger partial charge in [-0.15, -0.1) is 5.10 Å². The molecule has 0 spiro atoms. The van der Waals surface area contributed by atoms with E-state index in [0.717, 1.165) is 18.8 Å². The van der Waals surface area contributed by atoms with Gasteiger partial charge in [-0.25, -0.2) is 4.98 Å². The highest BCUT2D eigenvalue weighted by atomic mass is 35.5. The van der Waals surface area contributed by atoms with E-state index in [-0.39, 0.29) is 12.3 Å². The summed E-state index contributed by atoms with van der Waals surface area (Å²) in [5.74, 6) is 0.0874. The van der Waals surface area contributed by atoms with Gasteiger partial charge in [0.1, 0.15) is 17.8 Å². The number of aromatic nitrogens is 7. The quantitative estimate of drug-likeness (QED) is 0.366. The lowest BCUT2D eigenvalue weighted by atomic mass is 10.2. The van der Waals surface area contributed by atoms with Crippen molar-refractivity contribution in [1.82, 2.24) is 34.5 Å². The number of nitrogens with zero attached hydrogens (tertiary/aromatic N) is 9. The highest BCUT2D eigenvalue weighted by molar-refractivity contribution is 6.31. The second-order valence-corrected chi connectivity index (χ2v) is 8.85. The maximum absolute atomic E-state index is 11.4. The van der Waals surface area contributed by atoms with Gasteiger partial charge in [-0.05, 0) is 42.5 Å². The minimum atomic E-state index is -1.00. The van der Waals surface area contributed by atoms with Gasteiger partial charge in [0.2, 0.25) is 5.95 Å². The predicted octanol–water partition coefficient (Wildman–Crippen LogP) is 2.33. The van der Waals surface area contributed by atoms with E-state index in [9.17, 15) is 15.0 Å². The number of hydrogen-bond acceptors (Lipinski definition) is 9. The van der Waals surface area contributed by atoms with E-state index in [4.69, 9.17) is 21.6 Å². The monoisotopic (exact) mass is 505 g/mol. The van der Waals surface area contributed by atoms with Crippen molar-refractivity contribution < 1.29 is 15.0 Å². The van der Waals surface area contributed by atoms with Crippen molar-refractivity contribution >= 4 is 51.4 Å². The van der Waals surface area contributed by atoms with Crippen LogP contribution in [-0.4, -0.2) is 76.9 Å². The van der Waals surface area contributed by atoms with Crippen LogP contribution < -0.4 is 9.80 Å². The van der Waals surface area contributed by atoms with Crippen molar-refractivity contribution in [3.8, 4) is 11.6 Å². The Morgan fingerprint density at radius 2 is 1.75 bits per heavy atom. The summed E-state index contributed by atoms with van der Waals surface area (Å²) in [6.45, 7) is 2.45. The molecular weight excluding hydrogens is 486 g/mol. The number of hydrogen-bond donors (Lipinski definition) is 2. The maximum Gasteiger partial charge on any atom is 0.323 e. The summed E-state index contributed by atoms with van der Waals surface area (Å²) >= 11 is 6.11. The summed E-state index contributed by atoms with van der Waals surface area (Å²) in [5, 5.41) is 28.0. The smallest absolute Gasteiger partial charge is 0.323 e. The first-order chi connectivity index (χ1) is 17.5. The van der Waals surface area contributed by atoms with Crippen LogP contribution >= 0.6 is 11.6 Å². The molecule has 1 aliphatic heterocycles. The molecule has 6 rings (SSSR count). The largest absolute Gasteiger partial charge is 0.508 e. The number of aliphatic carboxylic acids is 1. The molecule has 0 unspecified atom stereocenters. The van der Waals surface area contributed by atoms with Crippen molar-refractivity contribution in [3.05, 3.63) is 53.8 Å². The Hall–Kier alpha value is -4.45. The number of carboxylic acids is 1. The van der Waals surface area contributed by atoms with Gasteiger partial charge >= 0.3 is 5.97 Å². The van der Waals surface area contributed by atoms with E-state index in [2.05, 4.69) is 20.2 Å². The molecule has 1 aliphatic rings. The van der Waals surface area contributed by atoms with E-state index < -0.39 is 5.97 Å². The second-order valence-electron chi connectivity index (χ2n) is 8.41. The predicted molar refractivity (Wildman–Crippen MR) is 133 cm³/mol. The topological polar surface area (TPSA) is 138 Å². The molecule has 0 saturated carbocycles. The van der Waals surface area contributed by atoms with Crippen LogP contribution in [-0.2, 0) is 11.3 Å². The summed E-state index contributed by atoms with van der Waals surface area (Å²) in [6.07, 6.45) is 1.44. The van der Waals surface area contributed by atoms with E-state index in [1.54, 1.807) is 35.0 Å². The summed E-state index contributed by atoms with van der Waals surface area (Å²) in [7, 11) is 0. The zero-order chi connectivity index (χ0) is 24.8. The molecule has 36 heavy (non-hydrogen) atoms. The number of benzene rings is 2. The van der Waals surface area contributed by atoms with E-state index in [0.29, 0.717) is 52.1 Å². The van der Waals surface area contributed by atoms with Crippen molar-refractivity contribution in [1.29, 1.82) is 0 Å². The first-order valence-corrected chi connectivity index (χ1v) is 11.6. The third kappa shape index (κ3) is 3.90. The maximum atomic E-state index is 11.4. The molecule has 3 aromatic heterocycles. The Kier molecular flexibility index (Phi) is 5.29. The van der Waals surface area contributed by atoms with Gasteiger partial charge in [-0.3, -0.25) is 4.79 Å². The Balaban J connectivity index is 1.40. The molecular formula is C23H20ClN9O3. The molecule has 12 nitrogen and oxygen atoms in total. The number of imidazole rings is 1. The van der Waals surface area contributed by atoms with Gasteiger partial charge in [-0.2, -0.15) is 14.6 Å². The highest BCUT2D eigenvalue weighted by Gasteiger charge is 2.24. The van der Waals surface area contributed by atoms with E-state index >= 15 is 0 Å². The van der Waals surface area contributed by atoms with Gasteiger partial charge in [-0.1, -0.05) is 16.8 Å². The van der Waals surface area contributed by atoms with Crippen molar-refractivity contribution in [2.45, 2.75) is 6.54 Å². The first kappa shape index (κ1) is 22.0. The molecule has 2 aromatic carbocycles. The number of rotatable bonds is 5. The van der Waals surface area contributed by atoms with E-state index in [1.807, 2.05) is 17.0 Å². The standard InChI is InChI=1S/C23H20ClN9O3/c24-14-1-6-18-17(11-14)28-29-33(18)22-20-21(32(13-25-20)12-19(35)36)26-23(27-22)31-9-7-30(8-10-31)15-2-4-16(34)5-3-15/h1-6,11,13,34H,7-10,12H2,(H,35,36). The summed E-state index contributed by atoms with van der Waals surface area (Å²) in [4.78, 5) is 29.6. The minimum absolute atomic E-state index is 0.229. The fraction of sp³-hybridized carbons (Fsp3) is 0.217. The number of phenols is 1. The van der Waals surface area contributed by atoms with Gasteiger partial charge < -0.3 is 24.6 Å². The van der Waals surface area contributed by atoms with Crippen LogP contribution in [0.1, 0.15) is 0 Å². The van der Waals surface area contributed by atoms with Gasteiger partial charge in [0.15, 0.2) is 17.0 Å². The molecule has 0 aliphatic carbocycles. The molecule has 1 saturated heterocycles. The number of phenolic OH excluding ortho intramolecular Hbond substituents is 1. The van der Waals surface area contributed by atoms with Crippen LogP contribution in [0.15, 0.2) is 48.8 Å². The number of piperazine rings is 1. The van der Waals surface area contributed by atoms with Gasteiger partial charge in [0.25, 0.3) is 0 Å². The zero-order valence-corrected chi connectivity index (χ0v) is 19.6. The van der Waals surface area contributed by atoms with Crippen LogP contribution in [0.5, 0.6) is 5.75 Å². The third-order valence-corrected chi connectivity index (χ3v) is 6.36. The molecule has 182 valence electrons. The van der Waals surface area contributed by atoms with Crippen LogP contribution in [0, 0.1) is 0 Å². The average Bonchev–Trinajstić information content (AvgIpc) is 3.47. The summed E-state index contributed by atoms with van der Waals surface area (Å²) in [5.41, 5.74) is 3.14. The molecule has 0 bridgehead atoms. The normalized spacial score (nSPS) is 14.1. The third-order valence-electron chi connectivity index (χ3n) is 6.12. The fourth-order valence-corrected chi connectivity index (χ4v) is 4.52. The number of halogens is 1. The number of aromatic hydroxyl groups is 1. The Labute approximate surface area is 209 Å². The average molecular weight is 506 g/mol. The molecule has 13 heteroatoms. The number of fused-ring (bicyclic) bond motifs is 2. The van der Waals surface area contributed by atoms with Crippen molar-refractivity contribution in [2.75, 3.05) is 36.0 Å². The molecule has 5 aromatic rings. The SMILES string of the molecule is O=C(O)Cn1cnc2c(-n3nnc4cc(Cl)ccc43)nc(N3CCN(c4ccc(O)cc4)CC3)nc21. The lowest BCUT2D eigenvalue weighted by molar-refractivity contribution is -0.137. The molecule has 2 N–H and O–H groups in total. The number of carboxylic acid groups (broad SMARTS) is 1. The fourth-order valence-electron chi connectivity index (χ4n) is 4.35. The number of anilines is 2. The van der Waals surface area contributed by atoms with Crippen LogP contribution in [0.25, 0.3) is 28.0 Å². The van der Waals surface area contributed by atoms with Crippen LogP contribution in [0.4, 0.5) is 11.6 Å². The number of carbonyl (C=O) groups is 1. The highest BCUT2D eigenvalue weighted by Crippen LogP contribution is 2.27. The van der Waals surface area contributed by atoms with Crippen molar-refractivity contribution in [2.24, 2.45) is 0 Å². The van der Waals surface area contributed by atoms with E-state index in [1.165, 1.54) is 10.9 Å². The lowest BCUT2D eigenvalue weighted by Gasteiger charge is -2.36. The molecule has 0 amide bonds.